The number of carbonyl (C=O) groups excluding carboxylic acids is 2. The summed E-state index contributed by atoms with van der Waals surface area (Å²) in [5.74, 6) is -0.433. The predicted molar refractivity (Wildman–Crippen MR) is 101 cm³/mol. The number of anilines is 2. The molecule has 7 heteroatoms. The lowest BCUT2D eigenvalue weighted by Crippen LogP contribution is -2.37. The van der Waals surface area contributed by atoms with Gasteiger partial charge in [-0.25, -0.2) is 4.79 Å². The van der Waals surface area contributed by atoms with Gasteiger partial charge in [0.25, 0.3) is 0 Å². The summed E-state index contributed by atoms with van der Waals surface area (Å²) in [4.78, 5) is 26.2. The van der Waals surface area contributed by atoms with Gasteiger partial charge in [-0.05, 0) is 24.6 Å². The van der Waals surface area contributed by atoms with Gasteiger partial charge in [-0.15, -0.1) is 12.4 Å². The first kappa shape index (κ1) is 21.3. The summed E-state index contributed by atoms with van der Waals surface area (Å²) in [7, 11) is 1.36. The number of rotatable bonds is 7. The Hall–Kier alpha value is -1.79. The van der Waals surface area contributed by atoms with E-state index in [9.17, 15) is 9.59 Å². The second kappa shape index (κ2) is 10.9. The number of morpholine rings is 1. The van der Waals surface area contributed by atoms with Crippen LogP contribution in [0.5, 0.6) is 0 Å². The van der Waals surface area contributed by atoms with E-state index in [0.29, 0.717) is 30.9 Å². The summed E-state index contributed by atoms with van der Waals surface area (Å²) in [5.41, 5.74) is 1.90. The zero-order valence-electron chi connectivity index (χ0n) is 14.9. The third-order valence-electron chi connectivity index (χ3n) is 4.04. The van der Waals surface area contributed by atoms with Crippen LogP contribution < -0.4 is 10.2 Å². The van der Waals surface area contributed by atoms with Crippen LogP contribution in [0.2, 0.25) is 0 Å². The number of unbranched alkanes of at least 4 members (excludes halogenated alkanes) is 2. The zero-order valence-corrected chi connectivity index (χ0v) is 15.7. The molecule has 0 aromatic heterocycles. The number of esters is 1. The molecule has 1 amide bonds. The van der Waals surface area contributed by atoms with Crippen LogP contribution in [0, 0.1) is 0 Å². The van der Waals surface area contributed by atoms with Crippen molar-refractivity contribution in [2.24, 2.45) is 0 Å². The van der Waals surface area contributed by atoms with Crippen LogP contribution in [-0.2, 0) is 14.3 Å². The molecule has 25 heavy (non-hydrogen) atoms. The van der Waals surface area contributed by atoms with E-state index in [4.69, 9.17) is 9.47 Å². The van der Waals surface area contributed by atoms with E-state index in [1.807, 2.05) is 12.1 Å². The molecule has 1 fully saturated rings. The lowest BCUT2D eigenvalue weighted by atomic mass is 10.1. The maximum Gasteiger partial charge on any atom is 0.340 e. The molecule has 0 saturated carbocycles. The van der Waals surface area contributed by atoms with Crippen molar-refractivity contribution >= 4 is 35.7 Å². The summed E-state index contributed by atoms with van der Waals surface area (Å²) >= 11 is 0. The van der Waals surface area contributed by atoms with Crippen molar-refractivity contribution in [3.8, 4) is 0 Å². The quantitative estimate of drug-likeness (QED) is 0.589. The van der Waals surface area contributed by atoms with Gasteiger partial charge in [-0.3, -0.25) is 4.79 Å². The number of hydrogen-bond acceptors (Lipinski definition) is 5. The van der Waals surface area contributed by atoms with Gasteiger partial charge in [0.2, 0.25) is 5.91 Å². The minimum Gasteiger partial charge on any atom is -0.465 e. The molecule has 1 heterocycles. The van der Waals surface area contributed by atoms with E-state index < -0.39 is 5.97 Å². The molecular formula is C18H27ClN2O4. The molecule has 0 bridgehead atoms. The Morgan fingerprint density at radius 1 is 1.24 bits per heavy atom. The second-order valence-corrected chi connectivity index (χ2v) is 5.83. The largest absolute Gasteiger partial charge is 0.465 e. The fourth-order valence-corrected chi connectivity index (χ4v) is 2.73. The molecule has 6 nitrogen and oxygen atoms in total. The first-order valence-electron chi connectivity index (χ1n) is 8.50. The number of nitrogens with zero attached hydrogens (tertiary/aromatic N) is 1. The fraction of sp³-hybridized carbons (Fsp3) is 0.556. The van der Waals surface area contributed by atoms with Crippen LogP contribution in [0.15, 0.2) is 18.2 Å². The van der Waals surface area contributed by atoms with Gasteiger partial charge < -0.3 is 19.7 Å². The number of nitrogens with one attached hydrogen (secondary N) is 1. The smallest absolute Gasteiger partial charge is 0.340 e. The van der Waals surface area contributed by atoms with Crippen molar-refractivity contribution in [1.29, 1.82) is 0 Å². The molecule has 0 atom stereocenters. The third kappa shape index (κ3) is 6.21. The SMILES string of the molecule is CCCCCC(=O)Nc1ccc(N2CCOCC2)c(C(=O)OC)c1.Cl. The molecule has 1 N–H and O–H groups in total. The van der Waals surface area contributed by atoms with Crippen molar-refractivity contribution in [1.82, 2.24) is 0 Å². The van der Waals surface area contributed by atoms with Gasteiger partial charge in [-0.2, -0.15) is 0 Å². The standard InChI is InChI=1S/C18H26N2O4.ClH/c1-3-4-5-6-17(21)19-14-7-8-16(15(13-14)18(22)23-2)20-9-11-24-12-10-20;/h7-8,13H,3-6,9-12H2,1-2H3,(H,19,21);1H. The van der Waals surface area contributed by atoms with Crippen LogP contribution in [0.3, 0.4) is 0 Å². The Morgan fingerprint density at radius 2 is 1.96 bits per heavy atom. The molecule has 1 aliphatic rings. The van der Waals surface area contributed by atoms with E-state index in [0.717, 1.165) is 38.0 Å². The number of carbonyl (C=O) groups is 2. The lowest BCUT2D eigenvalue weighted by Gasteiger charge is -2.30. The Labute approximate surface area is 155 Å². The number of benzene rings is 1. The van der Waals surface area contributed by atoms with E-state index in [-0.39, 0.29) is 18.3 Å². The minimum absolute atomic E-state index is 0. The molecule has 0 spiro atoms. The maximum atomic E-state index is 12.1. The molecule has 0 radical (unpaired) electrons. The van der Waals surface area contributed by atoms with E-state index >= 15 is 0 Å². The summed E-state index contributed by atoms with van der Waals surface area (Å²) < 4.78 is 10.3. The number of methoxy groups -OCH3 is 1. The van der Waals surface area contributed by atoms with E-state index in [2.05, 4.69) is 17.1 Å². The number of ether oxygens (including phenoxy) is 2. The van der Waals surface area contributed by atoms with Gasteiger partial charge in [0, 0.05) is 25.2 Å². The van der Waals surface area contributed by atoms with Crippen molar-refractivity contribution in [2.75, 3.05) is 43.6 Å². The lowest BCUT2D eigenvalue weighted by molar-refractivity contribution is -0.116. The summed E-state index contributed by atoms with van der Waals surface area (Å²) in [6, 6.07) is 5.38. The molecule has 140 valence electrons. The zero-order chi connectivity index (χ0) is 17.4. The molecule has 0 unspecified atom stereocenters. The second-order valence-electron chi connectivity index (χ2n) is 5.83. The van der Waals surface area contributed by atoms with E-state index in [1.165, 1.54) is 7.11 Å². The highest BCUT2D eigenvalue weighted by molar-refractivity contribution is 5.99. The first-order valence-corrected chi connectivity index (χ1v) is 8.50. The summed E-state index contributed by atoms with van der Waals surface area (Å²) in [5, 5.41) is 2.86. The predicted octanol–water partition coefficient (Wildman–Crippen LogP) is 3.25. The van der Waals surface area contributed by atoms with Crippen LogP contribution in [-0.4, -0.2) is 45.3 Å². The van der Waals surface area contributed by atoms with Gasteiger partial charge in [0.15, 0.2) is 0 Å². The Balaban J connectivity index is 0.00000312. The van der Waals surface area contributed by atoms with Crippen molar-refractivity contribution in [2.45, 2.75) is 32.6 Å². The van der Waals surface area contributed by atoms with E-state index in [1.54, 1.807) is 6.07 Å². The molecule has 1 saturated heterocycles. The van der Waals surface area contributed by atoms with Crippen LogP contribution in [0.1, 0.15) is 43.0 Å². The maximum absolute atomic E-state index is 12.1. The topological polar surface area (TPSA) is 67.9 Å². The molecule has 2 rings (SSSR count). The molecule has 1 aromatic carbocycles. The normalized spacial score (nSPS) is 13.8. The van der Waals surface area contributed by atoms with Crippen molar-refractivity contribution in [3.05, 3.63) is 23.8 Å². The van der Waals surface area contributed by atoms with Crippen molar-refractivity contribution in [3.63, 3.8) is 0 Å². The number of hydrogen-bond donors (Lipinski definition) is 1. The number of halogens is 1. The average molecular weight is 371 g/mol. The molecule has 0 aliphatic carbocycles. The molecule has 1 aromatic rings. The van der Waals surface area contributed by atoms with Crippen LogP contribution in [0.25, 0.3) is 0 Å². The first-order chi connectivity index (χ1) is 11.7. The summed E-state index contributed by atoms with van der Waals surface area (Å²) in [6.07, 6.45) is 3.48. The fourth-order valence-electron chi connectivity index (χ4n) is 2.73. The van der Waals surface area contributed by atoms with Gasteiger partial charge >= 0.3 is 5.97 Å². The Bertz CT molecular complexity index is 574. The number of amides is 1. The molecular weight excluding hydrogens is 344 g/mol. The van der Waals surface area contributed by atoms with Gasteiger partial charge in [0.05, 0.1) is 31.6 Å². The monoisotopic (exact) mass is 370 g/mol. The molecule has 1 aliphatic heterocycles. The Kier molecular flexibility index (Phi) is 9.31. The Morgan fingerprint density at radius 3 is 2.60 bits per heavy atom. The van der Waals surface area contributed by atoms with Gasteiger partial charge in [-0.1, -0.05) is 19.8 Å². The highest BCUT2D eigenvalue weighted by Crippen LogP contribution is 2.26. The highest BCUT2D eigenvalue weighted by atomic mass is 35.5. The highest BCUT2D eigenvalue weighted by Gasteiger charge is 2.20. The van der Waals surface area contributed by atoms with Crippen molar-refractivity contribution < 1.29 is 19.1 Å². The van der Waals surface area contributed by atoms with Gasteiger partial charge in [0.1, 0.15) is 0 Å². The van der Waals surface area contributed by atoms with Crippen LogP contribution >= 0.6 is 12.4 Å². The average Bonchev–Trinajstić information content (AvgIpc) is 2.62. The minimum atomic E-state index is -0.404. The third-order valence-corrected chi connectivity index (χ3v) is 4.04. The van der Waals surface area contributed by atoms with Crippen LogP contribution in [0.4, 0.5) is 11.4 Å². The summed E-state index contributed by atoms with van der Waals surface area (Å²) in [6.45, 7) is 4.83.